The van der Waals surface area contributed by atoms with Gasteiger partial charge in [0.1, 0.15) is 11.9 Å². The van der Waals surface area contributed by atoms with Crippen molar-refractivity contribution < 1.29 is 32.3 Å². The van der Waals surface area contributed by atoms with E-state index >= 15 is 0 Å². The van der Waals surface area contributed by atoms with Crippen LogP contribution in [0.3, 0.4) is 0 Å². The number of sulfonamides is 1. The van der Waals surface area contributed by atoms with Crippen LogP contribution >= 0.6 is 0 Å². The maximum absolute atomic E-state index is 13.8. The Morgan fingerprint density at radius 2 is 1.92 bits per heavy atom. The minimum Gasteiger partial charge on any atom is -0.493 e. The Balaban J connectivity index is 1.57. The molecule has 4 rings (SSSR count). The molecule has 2 aliphatic heterocycles. The molecular formula is C26H34N2O7S. The van der Waals surface area contributed by atoms with Crippen LogP contribution in [-0.2, 0) is 31.0 Å². The van der Waals surface area contributed by atoms with Crippen molar-refractivity contribution in [3.05, 3.63) is 59.7 Å². The molecule has 2 saturated heterocycles. The number of piperidine rings is 1. The quantitative estimate of drug-likeness (QED) is 0.468. The summed E-state index contributed by atoms with van der Waals surface area (Å²) in [7, 11) is -0.473. The number of methoxy groups -OCH3 is 1. The van der Waals surface area contributed by atoms with Crippen LogP contribution in [0.2, 0.25) is 0 Å². The second kappa shape index (κ2) is 11.6. The van der Waals surface area contributed by atoms with E-state index in [0.717, 1.165) is 11.1 Å². The molecule has 2 aromatic rings. The zero-order chi connectivity index (χ0) is 25.7. The summed E-state index contributed by atoms with van der Waals surface area (Å²) in [6.45, 7) is 2.90. The number of hydroxylamine groups is 2. The third kappa shape index (κ3) is 5.67. The fourth-order valence-electron chi connectivity index (χ4n) is 4.81. The van der Waals surface area contributed by atoms with Crippen LogP contribution < -0.4 is 9.47 Å². The van der Waals surface area contributed by atoms with Crippen LogP contribution in [0.15, 0.2) is 48.5 Å². The molecule has 2 aliphatic rings. The van der Waals surface area contributed by atoms with Gasteiger partial charge in [-0.1, -0.05) is 36.4 Å². The fourth-order valence-corrected chi connectivity index (χ4v) is 6.85. The highest BCUT2D eigenvalue weighted by molar-refractivity contribution is 7.89. The second-order valence-corrected chi connectivity index (χ2v) is 11.2. The number of nitrogens with zero attached hydrogens (tertiary/aromatic N) is 2. The van der Waals surface area contributed by atoms with E-state index in [-0.39, 0.29) is 25.7 Å². The van der Waals surface area contributed by atoms with Crippen molar-refractivity contribution in [2.75, 3.05) is 40.5 Å². The summed E-state index contributed by atoms with van der Waals surface area (Å²) in [4.78, 5) is 18.0. The minimum atomic E-state index is -3.77. The number of hydrogen-bond acceptors (Lipinski definition) is 8. The average molecular weight is 519 g/mol. The Hall–Kier alpha value is -2.66. The third-order valence-electron chi connectivity index (χ3n) is 6.70. The number of benzene rings is 2. The molecule has 0 N–H and O–H groups in total. The normalized spacial score (nSPS) is 23.4. The molecule has 2 heterocycles. The van der Waals surface area contributed by atoms with E-state index in [9.17, 15) is 13.2 Å². The summed E-state index contributed by atoms with van der Waals surface area (Å²) in [5, 5.41) is 0.747. The molecular weight excluding hydrogens is 484 g/mol. The van der Waals surface area contributed by atoms with Crippen molar-refractivity contribution in [2.24, 2.45) is 5.92 Å². The molecule has 3 atom stereocenters. The first-order valence-electron chi connectivity index (χ1n) is 12.2. The van der Waals surface area contributed by atoms with Crippen molar-refractivity contribution in [2.45, 2.75) is 37.7 Å². The lowest BCUT2D eigenvalue weighted by atomic mass is 10.0. The standard InChI is InChI=1S/C26H34N2O7S/c1-4-33-26(29)21-11-8-14-28(16-21)36(30,31)24-18-35-27(2)25(24)20-12-13-22(32-3)23(15-20)34-17-19-9-6-5-7-10-19/h5-7,9-10,12-13,15,21,24-25H,4,8,11,14,16-18H2,1-3H3. The lowest BCUT2D eigenvalue weighted by Crippen LogP contribution is -2.48. The Bertz CT molecular complexity index is 1140. The van der Waals surface area contributed by atoms with E-state index in [4.69, 9.17) is 19.0 Å². The molecule has 0 spiro atoms. The van der Waals surface area contributed by atoms with Gasteiger partial charge in [0.25, 0.3) is 0 Å². The molecule has 0 saturated carbocycles. The Kier molecular flexibility index (Phi) is 8.50. The average Bonchev–Trinajstić information content (AvgIpc) is 3.30. The number of hydrogen-bond donors (Lipinski definition) is 0. The van der Waals surface area contributed by atoms with Crippen molar-refractivity contribution >= 4 is 16.0 Å². The summed E-state index contributed by atoms with van der Waals surface area (Å²) in [6, 6.07) is 14.7. The minimum absolute atomic E-state index is 0.0241. The van der Waals surface area contributed by atoms with Gasteiger partial charge in [-0.05, 0) is 43.0 Å². The van der Waals surface area contributed by atoms with E-state index in [0.29, 0.717) is 37.5 Å². The van der Waals surface area contributed by atoms with E-state index in [1.165, 1.54) is 4.31 Å². The Labute approximate surface area is 212 Å². The second-order valence-electron chi connectivity index (χ2n) is 9.00. The lowest BCUT2D eigenvalue weighted by molar-refractivity contribution is -0.149. The van der Waals surface area contributed by atoms with Crippen LogP contribution in [0, 0.1) is 5.92 Å². The molecule has 10 heteroatoms. The molecule has 2 fully saturated rings. The first kappa shape index (κ1) is 26.4. The maximum atomic E-state index is 13.8. The predicted molar refractivity (Wildman–Crippen MR) is 134 cm³/mol. The number of ether oxygens (including phenoxy) is 3. The maximum Gasteiger partial charge on any atom is 0.310 e. The summed E-state index contributed by atoms with van der Waals surface area (Å²) < 4.78 is 45.7. The molecule has 9 nitrogen and oxygen atoms in total. The largest absolute Gasteiger partial charge is 0.493 e. The molecule has 0 amide bonds. The van der Waals surface area contributed by atoms with Gasteiger partial charge in [0.15, 0.2) is 11.5 Å². The number of rotatable bonds is 9. The van der Waals surface area contributed by atoms with Gasteiger partial charge >= 0.3 is 5.97 Å². The van der Waals surface area contributed by atoms with Gasteiger partial charge in [0.05, 0.1) is 32.3 Å². The van der Waals surface area contributed by atoms with E-state index in [1.807, 2.05) is 42.5 Å². The molecule has 0 radical (unpaired) electrons. The Morgan fingerprint density at radius 1 is 1.14 bits per heavy atom. The summed E-state index contributed by atoms with van der Waals surface area (Å²) in [5.74, 6) is 0.287. The zero-order valence-corrected chi connectivity index (χ0v) is 21.8. The summed E-state index contributed by atoms with van der Waals surface area (Å²) in [6.07, 6.45) is 1.23. The molecule has 36 heavy (non-hydrogen) atoms. The highest BCUT2D eigenvalue weighted by atomic mass is 32.2. The molecule has 2 aromatic carbocycles. The van der Waals surface area contributed by atoms with Gasteiger partial charge in [-0.25, -0.2) is 12.7 Å². The molecule has 196 valence electrons. The van der Waals surface area contributed by atoms with Gasteiger partial charge in [-0.2, -0.15) is 5.06 Å². The zero-order valence-electron chi connectivity index (χ0n) is 21.0. The van der Waals surface area contributed by atoms with E-state index < -0.39 is 27.2 Å². The van der Waals surface area contributed by atoms with Crippen molar-refractivity contribution in [1.29, 1.82) is 0 Å². The number of carbonyl (C=O) groups excluding carboxylic acids is 1. The van der Waals surface area contributed by atoms with E-state index in [2.05, 4.69) is 0 Å². The summed E-state index contributed by atoms with van der Waals surface area (Å²) in [5.41, 5.74) is 1.75. The molecule has 0 bridgehead atoms. The van der Waals surface area contributed by atoms with Crippen molar-refractivity contribution in [1.82, 2.24) is 9.37 Å². The topological polar surface area (TPSA) is 94.6 Å². The fraction of sp³-hybridized carbons (Fsp3) is 0.500. The van der Waals surface area contributed by atoms with Crippen LogP contribution in [0.1, 0.15) is 36.9 Å². The van der Waals surface area contributed by atoms with Gasteiger partial charge in [-0.3, -0.25) is 9.63 Å². The smallest absolute Gasteiger partial charge is 0.310 e. The number of esters is 1. The van der Waals surface area contributed by atoms with Gasteiger partial charge in [-0.15, -0.1) is 0 Å². The van der Waals surface area contributed by atoms with Crippen LogP contribution in [0.5, 0.6) is 11.5 Å². The van der Waals surface area contributed by atoms with Gasteiger partial charge in [0.2, 0.25) is 10.0 Å². The lowest BCUT2D eigenvalue weighted by Gasteiger charge is -2.34. The van der Waals surface area contributed by atoms with E-state index in [1.54, 1.807) is 32.2 Å². The first-order valence-corrected chi connectivity index (χ1v) is 13.7. The molecule has 0 aromatic heterocycles. The van der Waals surface area contributed by atoms with Crippen LogP contribution in [0.25, 0.3) is 0 Å². The molecule has 3 unspecified atom stereocenters. The monoisotopic (exact) mass is 518 g/mol. The third-order valence-corrected chi connectivity index (χ3v) is 8.91. The van der Waals surface area contributed by atoms with Crippen LogP contribution in [0.4, 0.5) is 0 Å². The first-order chi connectivity index (χ1) is 17.3. The highest BCUT2D eigenvalue weighted by Crippen LogP contribution is 2.39. The van der Waals surface area contributed by atoms with Crippen LogP contribution in [-0.4, -0.2) is 69.5 Å². The predicted octanol–water partition coefficient (Wildman–Crippen LogP) is 3.17. The van der Waals surface area contributed by atoms with Crippen molar-refractivity contribution in [3.8, 4) is 11.5 Å². The summed E-state index contributed by atoms with van der Waals surface area (Å²) >= 11 is 0. The van der Waals surface area contributed by atoms with Crippen molar-refractivity contribution in [3.63, 3.8) is 0 Å². The SMILES string of the molecule is CCOC(=O)C1CCCN(S(=O)(=O)C2CON(C)C2c2ccc(OC)c(OCc3ccccc3)c2)C1. The Morgan fingerprint density at radius 3 is 2.64 bits per heavy atom. The van der Waals surface area contributed by atoms with Gasteiger partial charge in [0, 0.05) is 20.1 Å². The molecule has 0 aliphatic carbocycles. The highest BCUT2D eigenvalue weighted by Gasteiger charge is 2.47. The number of carbonyl (C=O) groups is 1. The van der Waals surface area contributed by atoms with Gasteiger partial charge < -0.3 is 14.2 Å².